The van der Waals surface area contributed by atoms with Gasteiger partial charge in [-0.05, 0) is 31.2 Å². The standard InChI is InChI=1S/C12H18N4O3/c13-8-5-7(6-11(17)18)1-2-9(8)16-4-3-10(14)15-12(16)19/h3-4,7-9H,1-2,5-6,13H2,(H,17,18)(H2,14,15,19). The van der Waals surface area contributed by atoms with Gasteiger partial charge in [0.25, 0.3) is 0 Å². The lowest BCUT2D eigenvalue weighted by atomic mass is 9.81. The minimum atomic E-state index is -0.804. The molecule has 0 spiro atoms. The number of nitrogens with zero attached hydrogens (tertiary/aromatic N) is 2. The Morgan fingerprint density at radius 2 is 2.26 bits per heavy atom. The Morgan fingerprint density at radius 3 is 2.84 bits per heavy atom. The molecule has 0 radical (unpaired) electrons. The van der Waals surface area contributed by atoms with Gasteiger partial charge in [-0.25, -0.2) is 4.79 Å². The number of hydrogen-bond donors (Lipinski definition) is 3. The van der Waals surface area contributed by atoms with Crippen molar-refractivity contribution in [2.75, 3.05) is 5.73 Å². The lowest BCUT2D eigenvalue weighted by Gasteiger charge is -2.34. The maximum atomic E-state index is 11.8. The van der Waals surface area contributed by atoms with Gasteiger partial charge in [0.05, 0.1) is 6.04 Å². The highest BCUT2D eigenvalue weighted by Crippen LogP contribution is 2.32. The van der Waals surface area contributed by atoms with E-state index in [9.17, 15) is 9.59 Å². The lowest BCUT2D eigenvalue weighted by Crippen LogP contribution is -2.42. The third-order valence-electron chi connectivity index (χ3n) is 3.64. The molecule has 1 heterocycles. The van der Waals surface area contributed by atoms with Crippen molar-refractivity contribution >= 4 is 11.8 Å². The molecular formula is C12H18N4O3. The van der Waals surface area contributed by atoms with E-state index in [0.29, 0.717) is 12.8 Å². The van der Waals surface area contributed by atoms with Crippen LogP contribution in [-0.4, -0.2) is 26.7 Å². The van der Waals surface area contributed by atoms with Gasteiger partial charge in [0.2, 0.25) is 0 Å². The zero-order valence-corrected chi connectivity index (χ0v) is 10.5. The van der Waals surface area contributed by atoms with E-state index in [4.69, 9.17) is 16.6 Å². The molecule has 1 saturated carbocycles. The van der Waals surface area contributed by atoms with Crippen molar-refractivity contribution in [3.05, 3.63) is 22.7 Å². The van der Waals surface area contributed by atoms with Crippen molar-refractivity contribution < 1.29 is 9.90 Å². The summed E-state index contributed by atoms with van der Waals surface area (Å²) in [5, 5.41) is 8.79. The number of nitrogens with two attached hydrogens (primary N) is 2. The number of carboxylic acid groups (broad SMARTS) is 1. The first kappa shape index (κ1) is 13.5. The van der Waals surface area contributed by atoms with Crippen molar-refractivity contribution in [1.82, 2.24) is 9.55 Å². The molecule has 0 amide bonds. The third-order valence-corrected chi connectivity index (χ3v) is 3.64. The van der Waals surface area contributed by atoms with Crippen LogP contribution in [0.1, 0.15) is 31.7 Å². The van der Waals surface area contributed by atoms with Gasteiger partial charge in [-0.15, -0.1) is 0 Å². The maximum Gasteiger partial charge on any atom is 0.349 e. The van der Waals surface area contributed by atoms with E-state index in [1.165, 1.54) is 4.57 Å². The predicted molar refractivity (Wildman–Crippen MR) is 69.5 cm³/mol. The van der Waals surface area contributed by atoms with Gasteiger partial charge < -0.3 is 16.6 Å². The average Bonchev–Trinajstić information content (AvgIpc) is 2.30. The van der Waals surface area contributed by atoms with Crippen LogP contribution in [0.15, 0.2) is 17.1 Å². The summed E-state index contributed by atoms with van der Waals surface area (Å²) in [6, 6.07) is 1.20. The van der Waals surface area contributed by atoms with Crippen molar-refractivity contribution in [2.45, 2.75) is 37.8 Å². The number of carbonyl (C=O) groups is 1. The number of rotatable bonds is 3. The van der Waals surface area contributed by atoms with Gasteiger partial charge in [0, 0.05) is 18.7 Å². The summed E-state index contributed by atoms with van der Waals surface area (Å²) in [6.07, 6.45) is 3.78. The molecule has 1 aliphatic rings. The Hall–Kier alpha value is -1.89. The minimum absolute atomic E-state index is 0.0844. The number of hydrogen-bond acceptors (Lipinski definition) is 5. The Balaban J connectivity index is 2.11. The minimum Gasteiger partial charge on any atom is -0.481 e. The van der Waals surface area contributed by atoms with Crippen LogP contribution in [0.3, 0.4) is 0 Å². The van der Waals surface area contributed by atoms with Crippen LogP contribution >= 0.6 is 0 Å². The number of aliphatic carboxylic acids is 1. The van der Waals surface area contributed by atoms with E-state index in [-0.39, 0.29) is 30.2 Å². The lowest BCUT2D eigenvalue weighted by molar-refractivity contribution is -0.138. The first-order chi connectivity index (χ1) is 8.97. The summed E-state index contributed by atoms with van der Waals surface area (Å²) in [5.74, 6) is -0.530. The van der Waals surface area contributed by atoms with Crippen molar-refractivity contribution in [3.8, 4) is 0 Å². The highest BCUT2D eigenvalue weighted by atomic mass is 16.4. The molecule has 3 atom stereocenters. The molecule has 0 saturated heterocycles. The number of anilines is 1. The molecule has 0 bridgehead atoms. The molecular weight excluding hydrogens is 248 g/mol. The first-order valence-electron chi connectivity index (χ1n) is 6.29. The quantitative estimate of drug-likeness (QED) is 0.705. The largest absolute Gasteiger partial charge is 0.481 e. The fraction of sp³-hybridized carbons (Fsp3) is 0.583. The van der Waals surface area contributed by atoms with Crippen LogP contribution in [0.4, 0.5) is 5.82 Å². The second-order valence-corrected chi connectivity index (χ2v) is 5.05. The average molecular weight is 266 g/mol. The highest BCUT2D eigenvalue weighted by Gasteiger charge is 2.30. The second kappa shape index (κ2) is 5.40. The normalized spacial score (nSPS) is 27.1. The molecule has 3 unspecified atom stereocenters. The van der Waals surface area contributed by atoms with Gasteiger partial charge in [-0.1, -0.05) is 0 Å². The molecule has 1 aromatic rings. The van der Waals surface area contributed by atoms with Gasteiger partial charge in [-0.3, -0.25) is 9.36 Å². The maximum absolute atomic E-state index is 11.8. The molecule has 1 aliphatic carbocycles. The topological polar surface area (TPSA) is 124 Å². The van der Waals surface area contributed by atoms with Gasteiger partial charge in [-0.2, -0.15) is 4.98 Å². The van der Waals surface area contributed by atoms with Gasteiger partial charge in [0.1, 0.15) is 5.82 Å². The fourth-order valence-electron chi connectivity index (χ4n) is 2.74. The highest BCUT2D eigenvalue weighted by molar-refractivity contribution is 5.67. The molecule has 1 aromatic heterocycles. The summed E-state index contributed by atoms with van der Waals surface area (Å²) < 4.78 is 1.50. The van der Waals surface area contributed by atoms with E-state index in [1.54, 1.807) is 12.3 Å². The molecule has 7 heteroatoms. The van der Waals surface area contributed by atoms with Crippen LogP contribution in [0.2, 0.25) is 0 Å². The van der Waals surface area contributed by atoms with Crippen LogP contribution in [0.5, 0.6) is 0 Å². The zero-order chi connectivity index (χ0) is 14.0. The third kappa shape index (κ3) is 3.11. The van der Waals surface area contributed by atoms with E-state index < -0.39 is 11.7 Å². The van der Waals surface area contributed by atoms with Crippen LogP contribution in [-0.2, 0) is 4.79 Å². The number of nitrogen functional groups attached to an aromatic ring is 1. The first-order valence-corrected chi connectivity index (χ1v) is 6.29. The Morgan fingerprint density at radius 1 is 1.53 bits per heavy atom. The number of aromatic nitrogens is 2. The Kier molecular flexibility index (Phi) is 3.84. The molecule has 19 heavy (non-hydrogen) atoms. The van der Waals surface area contributed by atoms with Crippen molar-refractivity contribution in [2.24, 2.45) is 11.7 Å². The molecule has 0 aromatic carbocycles. The summed E-state index contributed by atoms with van der Waals surface area (Å²) >= 11 is 0. The van der Waals surface area contributed by atoms with Gasteiger partial charge >= 0.3 is 11.7 Å². The summed E-state index contributed by atoms with van der Waals surface area (Å²) in [4.78, 5) is 26.1. The Labute approximate surface area is 110 Å². The van der Waals surface area contributed by atoms with Crippen molar-refractivity contribution in [3.63, 3.8) is 0 Å². The van der Waals surface area contributed by atoms with Crippen LogP contribution in [0.25, 0.3) is 0 Å². The monoisotopic (exact) mass is 266 g/mol. The van der Waals surface area contributed by atoms with Crippen molar-refractivity contribution in [1.29, 1.82) is 0 Å². The van der Waals surface area contributed by atoms with E-state index in [0.717, 1.165) is 6.42 Å². The Bertz CT molecular complexity index is 528. The summed E-state index contributed by atoms with van der Waals surface area (Å²) in [6.45, 7) is 0. The molecule has 7 nitrogen and oxygen atoms in total. The van der Waals surface area contributed by atoms with E-state index >= 15 is 0 Å². The molecule has 104 valence electrons. The van der Waals surface area contributed by atoms with E-state index in [1.807, 2.05) is 0 Å². The van der Waals surface area contributed by atoms with Crippen LogP contribution < -0.4 is 17.2 Å². The smallest absolute Gasteiger partial charge is 0.349 e. The fourth-order valence-corrected chi connectivity index (χ4v) is 2.74. The summed E-state index contributed by atoms with van der Waals surface area (Å²) in [7, 11) is 0. The summed E-state index contributed by atoms with van der Waals surface area (Å²) in [5.41, 5.74) is 11.1. The van der Waals surface area contributed by atoms with Crippen LogP contribution in [0, 0.1) is 5.92 Å². The predicted octanol–water partition coefficient (Wildman–Crippen LogP) is -0.0313. The molecule has 0 aliphatic heterocycles. The second-order valence-electron chi connectivity index (χ2n) is 5.05. The SMILES string of the molecule is Nc1ccn(C2CCC(CC(=O)O)CC2N)c(=O)n1. The molecule has 5 N–H and O–H groups in total. The molecule has 1 fully saturated rings. The number of carboxylic acids is 1. The van der Waals surface area contributed by atoms with Gasteiger partial charge in [0.15, 0.2) is 0 Å². The molecule has 2 rings (SSSR count). The zero-order valence-electron chi connectivity index (χ0n) is 10.5. The van der Waals surface area contributed by atoms with E-state index in [2.05, 4.69) is 4.98 Å².